The first-order valence-electron chi connectivity index (χ1n) is 7.65. The molecule has 126 valence electrons. The van der Waals surface area contributed by atoms with Gasteiger partial charge in [-0.2, -0.15) is 0 Å². The molecule has 7 nitrogen and oxygen atoms in total. The van der Waals surface area contributed by atoms with Crippen molar-refractivity contribution in [3.8, 4) is 0 Å². The zero-order valence-corrected chi connectivity index (χ0v) is 13.5. The largest absolute Gasteiger partial charge is 0.383 e. The SMILES string of the molecule is COCCNC(=O)Nc1cccc(C(=O)N2CCOC(C)C2)c1. The quantitative estimate of drug-likeness (QED) is 0.802. The van der Waals surface area contributed by atoms with E-state index in [-0.39, 0.29) is 18.0 Å². The molecule has 1 unspecified atom stereocenters. The molecular weight excluding hydrogens is 298 g/mol. The maximum absolute atomic E-state index is 12.5. The highest BCUT2D eigenvalue weighted by Gasteiger charge is 2.22. The maximum Gasteiger partial charge on any atom is 0.319 e. The van der Waals surface area contributed by atoms with E-state index in [1.54, 1.807) is 36.3 Å². The lowest BCUT2D eigenvalue weighted by atomic mass is 10.1. The van der Waals surface area contributed by atoms with Gasteiger partial charge < -0.3 is 25.0 Å². The minimum atomic E-state index is -0.327. The summed E-state index contributed by atoms with van der Waals surface area (Å²) >= 11 is 0. The third kappa shape index (κ3) is 5.22. The summed E-state index contributed by atoms with van der Waals surface area (Å²) in [4.78, 5) is 26.0. The second kappa shape index (κ2) is 8.50. The molecule has 7 heteroatoms. The van der Waals surface area contributed by atoms with Crippen LogP contribution in [0.15, 0.2) is 24.3 Å². The number of amides is 3. The van der Waals surface area contributed by atoms with Crippen molar-refractivity contribution >= 4 is 17.6 Å². The fourth-order valence-corrected chi connectivity index (χ4v) is 2.36. The predicted octanol–water partition coefficient (Wildman–Crippen LogP) is 1.32. The molecule has 0 aliphatic carbocycles. The Morgan fingerprint density at radius 1 is 1.43 bits per heavy atom. The van der Waals surface area contributed by atoms with Crippen LogP contribution in [0, 0.1) is 0 Å². The van der Waals surface area contributed by atoms with Crippen LogP contribution >= 0.6 is 0 Å². The third-order valence-electron chi connectivity index (χ3n) is 3.49. The number of methoxy groups -OCH3 is 1. The summed E-state index contributed by atoms with van der Waals surface area (Å²) in [5.41, 5.74) is 1.13. The highest BCUT2D eigenvalue weighted by molar-refractivity contribution is 5.97. The minimum absolute atomic E-state index is 0.0422. The number of carbonyl (C=O) groups excluding carboxylic acids is 2. The van der Waals surface area contributed by atoms with Gasteiger partial charge in [0.15, 0.2) is 0 Å². The molecule has 0 radical (unpaired) electrons. The van der Waals surface area contributed by atoms with Gasteiger partial charge >= 0.3 is 6.03 Å². The Balaban J connectivity index is 1.96. The van der Waals surface area contributed by atoms with Gasteiger partial charge in [-0.1, -0.05) is 6.07 Å². The van der Waals surface area contributed by atoms with E-state index in [4.69, 9.17) is 9.47 Å². The lowest BCUT2D eigenvalue weighted by Crippen LogP contribution is -2.44. The zero-order chi connectivity index (χ0) is 16.7. The number of hydrogen-bond donors (Lipinski definition) is 2. The number of ether oxygens (including phenoxy) is 2. The first-order chi connectivity index (χ1) is 11.1. The Hall–Kier alpha value is -2.12. The Labute approximate surface area is 135 Å². The molecule has 23 heavy (non-hydrogen) atoms. The summed E-state index contributed by atoms with van der Waals surface area (Å²) in [5.74, 6) is -0.0522. The van der Waals surface area contributed by atoms with Gasteiger partial charge in [0.1, 0.15) is 0 Å². The van der Waals surface area contributed by atoms with Crippen LogP contribution in [0.25, 0.3) is 0 Å². The average molecular weight is 321 g/mol. The second-order valence-electron chi connectivity index (χ2n) is 5.39. The molecule has 1 fully saturated rings. The second-order valence-corrected chi connectivity index (χ2v) is 5.39. The fourth-order valence-electron chi connectivity index (χ4n) is 2.36. The van der Waals surface area contributed by atoms with E-state index in [1.165, 1.54) is 0 Å². The number of morpholine rings is 1. The monoisotopic (exact) mass is 321 g/mol. The van der Waals surface area contributed by atoms with E-state index in [0.717, 1.165) is 0 Å². The van der Waals surface area contributed by atoms with Gasteiger partial charge in [-0.3, -0.25) is 4.79 Å². The molecule has 0 saturated carbocycles. The Morgan fingerprint density at radius 2 is 2.26 bits per heavy atom. The molecule has 1 aromatic rings. The number of hydrogen-bond acceptors (Lipinski definition) is 4. The van der Waals surface area contributed by atoms with Crippen molar-refractivity contribution in [2.45, 2.75) is 13.0 Å². The van der Waals surface area contributed by atoms with E-state index in [9.17, 15) is 9.59 Å². The topological polar surface area (TPSA) is 79.9 Å². The molecule has 1 aliphatic heterocycles. The Bertz CT molecular complexity index is 550. The highest BCUT2D eigenvalue weighted by Crippen LogP contribution is 2.15. The number of urea groups is 1. The van der Waals surface area contributed by atoms with Crippen LogP contribution in [0.3, 0.4) is 0 Å². The van der Waals surface area contributed by atoms with Gasteiger partial charge in [0.25, 0.3) is 5.91 Å². The highest BCUT2D eigenvalue weighted by atomic mass is 16.5. The summed E-state index contributed by atoms with van der Waals surface area (Å²) in [7, 11) is 1.57. The molecule has 1 aliphatic rings. The Morgan fingerprint density at radius 3 is 3.00 bits per heavy atom. The van der Waals surface area contributed by atoms with Crippen molar-refractivity contribution < 1.29 is 19.1 Å². The van der Waals surface area contributed by atoms with Crippen molar-refractivity contribution in [1.82, 2.24) is 10.2 Å². The third-order valence-corrected chi connectivity index (χ3v) is 3.49. The molecule has 0 bridgehead atoms. The number of rotatable bonds is 5. The van der Waals surface area contributed by atoms with Crippen molar-refractivity contribution in [1.29, 1.82) is 0 Å². The lowest BCUT2D eigenvalue weighted by Gasteiger charge is -2.31. The van der Waals surface area contributed by atoms with E-state index in [1.807, 2.05) is 6.92 Å². The molecule has 0 aromatic heterocycles. The smallest absolute Gasteiger partial charge is 0.319 e. The normalized spacial score (nSPS) is 17.7. The van der Waals surface area contributed by atoms with E-state index < -0.39 is 0 Å². The number of nitrogens with one attached hydrogen (secondary N) is 2. The fraction of sp³-hybridized carbons (Fsp3) is 0.500. The van der Waals surface area contributed by atoms with Crippen LogP contribution in [0.1, 0.15) is 17.3 Å². The van der Waals surface area contributed by atoms with Crippen molar-refractivity contribution in [2.75, 3.05) is 45.3 Å². The van der Waals surface area contributed by atoms with Crippen LogP contribution in [0.5, 0.6) is 0 Å². The predicted molar refractivity (Wildman–Crippen MR) is 86.7 cm³/mol. The first kappa shape index (κ1) is 17.2. The van der Waals surface area contributed by atoms with Crippen molar-refractivity contribution in [3.05, 3.63) is 29.8 Å². The number of benzene rings is 1. The molecular formula is C16H23N3O4. The summed E-state index contributed by atoms with van der Waals surface area (Å²) in [5, 5.41) is 5.37. The van der Waals surface area contributed by atoms with Gasteiger partial charge in [0.2, 0.25) is 0 Å². The zero-order valence-electron chi connectivity index (χ0n) is 13.5. The minimum Gasteiger partial charge on any atom is -0.383 e. The summed E-state index contributed by atoms with van der Waals surface area (Å²) in [6, 6.07) is 6.59. The standard InChI is InChI=1S/C16H23N3O4/c1-12-11-19(7-9-23-12)15(20)13-4-3-5-14(10-13)18-16(21)17-6-8-22-2/h3-5,10,12H,6-9,11H2,1-2H3,(H2,17,18,21). The van der Waals surface area contributed by atoms with Gasteiger partial charge in [-0.25, -0.2) is 4.79 Å². The molecule has 1 heterocycles. The van der Waals surface area contributed by atoms with Gasteiger partial charge in [0, 0.05) is 38.0 Å². The van der Waals surface area contributed by atoms with E-state index in [2.05, 4.69) is 10.6 Å². The summed E-state index contributed by atoms with van der Waals surface area (Å²) < 4.78 is 10.3. The van der Waals surface area contributed by atoms with Crippen LogP contribution < -0.4 is 10.6 Å². The molecule has 1 atom stereocenters. The lowest BCUT2D eigenvalue weighted by molar-refractivity contribution is -0.0124. The first-order valence-corrected chi connectivity index (χ1v) is 7.65. The van der Waals surface area contributed by atoms with Crippen LogP contribution in [-0.4, -0.2) is 62.9 Å². The average Bonchev–Trinajstić information content (AvgIpc) is 2.54. The molecule has 2 rings (SSSR count). The number of carbonyl (C=O) groups is 2. The molecule has 1 saturated heterocycles. The van der Waals surface area contributed by atoms with Crippen LogP contribution in [-0.2, 0) is 9.47 Å². The Kier molecular flexibility index (Phi) is 6.37. The molecule has 0 spiro atoms. The molecule has 1 aromatic carbocycles. The summed E-state index contributed by atoms with van der Waals surface area (Å²) in [6.07, 6.45) is 0.0422. The van der Waals surface area contributed by atoms with Crippen LogP contribution in [0.4, 0.5) is 10.5 Å². The van der Waals surface area contributed by atoms with Gasteiger partial charge in [-0.15, -0.1) is 0 Å². The molecule has 2 N–H and O–H groups in total. The van der Waals surface area contributed by atoms with Crippen molar-refractivity contribution in [2.24, 2.45) is 0 Å². The van der Waals surface area contributed by atoms with Gasteiger partial charge in [0.05, 0.1) is 19.3 Å². The molecule has 3 amide bonds. The number of anilines is 1. The maximum atomic E-state index is 12.5. The van der Waals surface area contributed by atoms with Gasteiger partial charge in [-0.05, 0) is 25.1 Å². The van der Waals surface area contributed by atoms with E-state index >= 15 is 0 Å². The van der Waals surface area contributed by atoms with Crippen molar-refractivity contribution in [3.63, 3.8) is 0 Å². The van der Waals surface area contributed by atoms with E-state index in [0.29, 0.717) is 44.1 Å². The number of nitrogens with zero attached hydrogens (tertiary/aromatic N) is 1. The van der Waals surface area contributed by atoms with Crippen LogP contribution in [0.2, 0.25) is 0 Å². The summed E-state index contributed by atoms with van der Waals surface area (Å²) in [6.45, 7) is 4.52.